The Morgan fingerprint density at radius 1 is 1.12 bits per heavy atom. The quantitative estimate of drug-likeness (QED) is 0.541. The van der Waals surface area contributed by atoms with Crippen LogP contribution in [0.4, 0.5) is 0 Å². The molecule has 1 unspecified atom stereocenters. The Morgan fingerprint density at radius 2 is 1.78 bits per heavy atom. The minimum absolute atomic E-state index is 0.0146. The Balaban J connectivity index is 2.22. The summed E-state index contributed by atoms with van der Waals surface area (Å²) in [7, 11) is 1.62. The van der Waals surface area contributed by atoms with Crippen molar-refractivity contribution < 1.29 is 9.53 Å². The standard InChI is InChI=1S/C26H33N3O3/c1-18-11-7-10-14-22(18)29-24(27-21-13-9-8-12-20(21)25(29)31)19(2)28(15-16-32-6)23(30)17-26(3,4)5/h7-14,19H,15-17H2,1-6H3. The smallest absolute Gasteiger partial charge is 0.266 e. The number of rotatable bonds is 7. The first-order valence-electron chi connectivity index (χ1n) is 11.0. The van der Waals surface area contributed by atoms with Gasteiger partial charge < -0.3 is 9.64 Å². The molecule has 0 aliphatic carbocycles. The summed E-state index contributed by atoms with van der Waals surface area (Å²) >= 11 is 0. The minimum atomic E-state index is -0.420. The van der Waals surface area contributed by atoms with Crippen LogP contribution in [0.25, 0.3) is 16.6 Å². The Hall–Kier alpha value is -2.99. The highest BCUT2D eigenvalue weighted by atomic mass is 16.5. The molecule has 0 bridgehead atoms. The number of methoxy groups -OCH3 is 1. The normalized spacial score (nSPS) is 12.7. The molecule has 0 radical (unpaired) electrons. The van der Waals surface area contributed by atoms with Crippen molar-refractivity contribution in [3.05, 3.63) is 70.3 Å². The molecule has 1 heterocycles. The third-order valence-electron chi connectivity index (χ3n) is 5.54. The Morgan fingerprint density at radius 3 is 2.44 bits per heavy atom. The maximum absolute atomic E-state index is 13.6. The molecule has 170 valence electrons. The van der Waals surface area contributed by atoms with Crippen LogP contribution in [0.2, 0.25) is 0 Å². The van der Waals surface area contributed by atoms with Gasteiger partial charge in [-0.05, 0) is 43.0 Å². The Kier molecular flexibility index (Phi) is 7.14. The van der Waals surface area contributed by atoms with Crippen molar-refractivity contribution in [1.82, 2.24) is 14.5 Å². The van der Waals surface area contributed by atoms with Crippen LogP contribution >= 0.6 is 0 Å². The molecule has 0 fully saturated rings. The fraction of sp³-hybridized carbons (Fsp3) is 0.423. The zero-order valence-electron chi connectivity index (χ0n) is 19.9. The van der Waals surface area contributed by atoms with Crippen molar-refractivity contribution in [2.75, 3.05) is 20.3 Å². The number of carbonyl (C=O) groups excluding carboxylic acids is 1. The monoisotopic (exact) mass is 435 g/mol. The Bertz CT molecular complexity index is 1160. The zero-order valence-corrected chi connectivity index (χ0v) is 19.9. The summed E-state index contributed by atoms with van der Waals surface area (Å²) in [6.45, 7) is 10.9. The minimum Gasteiger partial charge on any atom is -0.383 e. The van der Waals surface area contributed by atoms with E-state index in [0.717, 1.165) is 11.3 Å². The topological polar surface area (TPSA) is 64.4 Å². The summed E-state index contributed by atoms with van der Waals surface area (Å²) in [6.07, 6.45) is 0.392. The van der Waals surface area contributed by atoms with Gasteiger partial charge in [-0.1, -0.05) is 51.1 Å². The summed E-state index contributed by atoms with van der Waals surface area (Å²) in [5.41, 5.74) is 2.06. The van der Waals surface area contributed by atoms with E-state index >= 15 is 0 Å². The second kappa shape index (κ2) is 9.65. The van der Waals surface area contributed by atoms with E-state index in [0.29, 0.717) is 36.3 Å². The van der Waals surface area contributed by atoms with Gasteiger partial charge in [-0.3, -0.25) is 14.2 Å². The van der Waals surface area contributed by atoms with Gasteiger partial charge in [0.2, 0.25) is 5.91 Å². The van der Waals surface area contributed by atoms with E-state index in [1.54, 1.807) is 22.6 Å². The van der Waals surface area contributed by atoms with Crippen molar-refractivity contribution in [2.24, 2.45) is 5.41 Å². The van der Waals surface area contributed by atoms with Crippen LogP contribution in [-0.2, 0) is 9.53 Å². The van der Waals surface area contributed by atoms with Crippen molar-refractivity contribution in [1.29, 1.82) is 0 Å². The number of ether oxygens (including phenoxy) is 1. The van der Waals surface area contributed by atoms with E-state index in [4.69, 9.17) is 9.72 Å². The lowest BCUT2D eigenvalue weighted by molar-refractivity contribution is -0.136. The fourth-order valence-corrected chi connectivity index (χ4v) is 3.90. The fourth-order valence-electron chi connectivity index (χ4n) is 3.90. The van der Waals surface area contributed by atoms with Gasteiger partial charge in [0.05, 0.1) is 29.2 Å². The van der Waals surface area contributed by atoms with Crippen molar-refractivity contribution in [3.8, 4) is 5.69 Å². The van der Waals surface area contributed by atoms with Crippen LogP contribution in [0.15, 0.2) is 53.3 Å². The molecule has 0 N–H and O–H groups in total. The number of aryl methyl sites for hydroxylation is 1. The number of para-hydroxylation sites is 2. The molecule has 2 aromatic carbocycles. The third-order valence-corrected chi connectivity index (χ3v) is 5.54. The van der Waals surface area contributed by atoms with Gasteiger partial charge >= 0.3 is 0 Å². The van der Waals surface area contributed by atoms with Gasteiger partial charge in [0, 0.05) is 20.1 Å². The highest BCUT2D eigenvalue weighted by molar-refractivity contribution is 5.79. The van der Waals surface area contributed by atoms with Crippen LogP contribution in [0.5, 0.6) is 0 Å². The van der Waals surface area contributed by atoms with E-state index in [9.17, 15) is 9.59 Å². The van der Waals surface area contributed by atoms with E-state index < -0.39 is 6.04 Å². The number of benzene rings is 2. The van der Waals surface area contributed by atoms with Crippen LogP contribution < -0.4 is 5.56 Å². The molecule has 3 aromatic rings. The predicted octanol–water partition coefficient (Wildman–Crippen LogP) is 4.67. The first-order chi connectivity index (χ1) is 15.1. The van der Waals surface area contributed by atoms with Gasteiger partial charge in [0.25, 0.3) is 5.56 Å². The molecular weight excluding hydrogens is 402 g/mol. The highest BCUT2D eigenvalue weighted by Gasteiger charge is 2.29. The molecule has 1 amide bonds. The summed E-state index contributed by atoms with van der Waals surface area (Å²) in [5.74, 6) is 0.558. The molecule has 6 nitrogen and oxygen atoms in total. The maximum Gasteiger partial charge on any atom is 0.266 e. The van der Waals surface area contributed by atoms with Crippen LogP contribution in [0.1, 0.15) is 51.5 Å². The largest absolute Gasteiger partial charge is 0.383 e. The summed E-state index contributed by atoms with van der Waals surface area (Å²) in [6, 6.07) is 14.7. The molecular formula is C26H33N3O3. The molecule has 3 rings (SSSR count). The maximum atomic E-state index is 13.6. The van der Waals surface area contributed by atoms with Gasteiger partial charge in [0.1, 0.15) is 5.82 Å². The highest BCUT2D eigenvalue weighted by Crippen LogP contribution is 2.27. The number of aromatic nitrogens is 2. The van der Waals surface area contributed by atoms with E-state index in [1.807, 2.05) is 77.1 Å². The summed E-state index contributed by atoms with van der Waals surface area (Å²) in [4.78, 5) is 33.6. The van der Waals surface area contributed by atoms with Crippen LogP contribution in [0.3, 0.4) is 0 Å². The lowest BCUT2D eigenvalue weighted by Gasteiger charge is -2.32. The molecule has 1 aromatic heterocycles. The second-order valence-corrected chi connectivity index (χ2v) is 9.41. The third kappa shape index (κ3) is 5.07. The molecule has 0 saturated carbocycles. The van der Waals surface area contributed by atoms with E-state index in [-0.39, 0.29) is 16.9 Å². The van der Waals surface area contributed by atoms with Gasteiger partial charge in [0.15, 0.2) is 0 Å². The lowest BCUT2D eigenvalue weighted by Crippen LogP contribution is -2.40. The molecule has 0 aliphatic heterocycles. The predicted molar refractivity (Wildman–Crippen MR) is 128 cm³/mol. The average Bonchev–Trinajstić information content (AvgIpc) is 2.73. The van der Waals surface area contributed by atoms with Crippen molar-refractivity contribution >= 4 is 16.8 Å². The second-order valence-electron chi connectivity index (χ2n) is 9.41. The SMILES string of the molecule is COCCN(C(=O)CC(C)(C)C)C(C)c1nc2ccccc2c(=O)n1-c1ccccc1C. The zero-order chi connectivity index (χ0) is 23.5. The Labute approximate surface area is 189 Å². The summed E-state index contributed by atoms with van der Waals surface area (Å²) in [5, 5.41) is 0.552. The van der Waals surface area contributed by atoms with Gasteiger partial charge in [-0.25, -0.2) is 4.98 Å². The average molecular weight is 436 g/mol. The molecule has 32 heavy (non-hydrogen) atoms. The number of fused-ring (bicyclic) bond motifs is 1. The van der Waals surface area contributed by atoms with Crippen molar-refractivity contribution in [3.63, 3.8) is 0 Å². The van der Waals surface area contributed by atoms with Gasteiger partial charge in [-0.2, -0.15) is 0 Å². The van der Waals surface area contributed by atoms with E-state index in [1.165, 1.54) is 0 Å². The number of amides is 1. The van der Waals surface area contributed by atoms with Crippen molar-refractivity contribution in [2.45, 2.75) is 47.1 Å². The van der Waals surface area contributed by atoms with E-state index in [2.05, 4.69) is 0 Å². The number of nitrogens with zero attached hydrogens (tertiary/aromatic N) is 3. The molecule has 6 heteroatoms. The summed E-state index contributed by atoms with van der Waals surface area (Å²) < 4.78 is 6.94. The number of carbonyl (C=O) groups is 1. The number of hydrogen-bond acceptors (Lipinski definition) is 4. The van der Waals surface area contributed by atoms with Crippen LogP contribution in [-0.4, -0.2) is 40.6 Å². The lowest BCUT2D eigenvalue weighted by atomic mass is 9.91. The van der Waals surface area contributed by atoms with Gasteiger partial charge in [-0.15, -0.1) is 0 Å². The van der Waals surface area contributed by atoms with Crippen LogP contribution in [0, 0.1) is 12.3 Å². The molecule has 0 spiro atoms. The molecule has 0 saturated heterocycles. The number of hydrogen-bond donors (Lipinski definition) is 0. The first-order valence-corrected chi connectivity index (χ1v) is 11.0. The molecule has 0 aliphatic rings. The molecule has 1 atom stereocenters. The first kappa shape index (κ1) is 23.7.